The standard InChI is InChI=1S/C18H14N2O4/c1-10(21)11-3-5-12(6-4-11)16(22)19-13-7-8-14-15(9-13)18(24)20(2)17(14)23/h3-9H,1-2H3,(H,19,22). The minimum Gasteiger partial charge on any atom is -0.322 e. The van der Waals surface area contributed by atoms with Gasteiger partial charge < -0.3 is 5.32 Å². The summed E-state index contributed by atoms with van der Waals surface area (Å²) in [6.45, 7) is 1.45. The minimum atomic E-state index is -0.392. The molecule has 120 valence electrons. The maximum absolute atomic E-state index is 12.2. The lowest BCUT2D eigenvalue weighted by Gasteiger charge is -2.07. The minimum absolute atomic E-state index is 0.0760. The number of carbonyl (C=O) groups is 4. The Labute approximate surface area is 138 Å². The average molecular weight is 322 g/mol. The highest BCUT2D eigenvalue weighted by atomic mass is 16.2. The highest BCUT2D eigenvalue weighted by Crippen LogP contribution is 2.25. The molecule has 3 rings (SSSR count). The molecule has 0 spiro atoms. The summed E-state index contributed by atoms with van der Waals surface area (Å²) in [5, 5.41) is 2.68. The van der Waals surface area contributed by atoms with Crippen molar-refractivity contribution in [3.63, 3.8) is 0 Å². The van der Waals surface area contributed by atoms with Crippen LogP contribution in [0.2, 0.25) is 0 Å². The number of fused-ring (bicyclic) bond motifs is 1. The molecule has 6 heteroatoms. The third kappa shape index (κ3) is 2.58. The third-order valence-electron chi connectivity index (χ3n) is 3.90. The quantitative estimate of drug-likeness (QED) is 0.694. The second-order valence-corrected chi connectivity index (χ2v) is 5.52. The van der Waals surface area contributed by atoms with Gasteiger partial charge >= 0.3 is 0 Å². The molecule has 1 heterocycles. The van der Waals surface area contributed by atoms with E-state index in [1.165, 1.54) is 26.1 Å². The van der Waals surface area contributed by atoms with Gasteiger partial charge in [0.1, 0.15) is 0 Å². The van der Waals surface area contributed by atoms with Crippen LogP contribution in [0.3, 0.4) is 0 Å². The molecular formula is C18H14N2O4. The number of anilines is 1. The first-order valence-corrected chi connectivity index (χ1v) is 7.27. The van der Waals surface area contributed by atoms with Gasteiger partial charge in [-0.25, -0.2) is 0 Å². The third-order valence-corrected chi connectivity index (χ3v) is 3.90. The zero-order valence-electron chi connectivity index (χ0n) is 13.1. The number of amides is 3. The summed E-state index contributed by atoms with van der Waals surface area (Å²) >= 11 is 0. The van der Waals surface area contributed by atoms with Gasteiger partial charge in [0, 0.05) is 23.9 Å². The van der Waals surface area contributed by atoms with Crippen LogP contribution in [0, 0.1) is 0 Å². The number of nitrogens with zero attached hydrogens (tertiary/aromatic N) is 1. The van der Waals surface area contributed by atoms with Gasteiger partial charge in [0.25, 0.3) is 17.7 Å². The molecule has 6 nitrogen and oxygen atoms in total. The van der Waals surface area contributed by atoms with Crippen molar-refractivity contribution in [2.45, 2.75) is 6.92 Å². The molecule has 0 radical (unpaired) electrons. The number of imide groups is 1. The van der Waals surface area contributed by atoms with Crippen LogP contribution in [0.5, 0.6) is 0 Å². The van der Waals surface area contributed by atoms with E-state index in [4.69, 9.17) is 0 Å². The Morgan fingerprint density at radius 1 is 0.875 bits per heavy atom. The second-order valence-electron chi connectivity index (χ2n) is 5.52. The van der Waals surface area contributed by atoms with E-state index in [9.17, 15) is 19.2 Å². The molecule has 3 amide bonds. The van der Waals surface area contributed by atoms with Crippen LogP contribution in [0.25, 0.3) is 0 Å². The van der Waals surface area contributed by atoms with Gasteiger partial charge in [0.15, 0.2) is 5.78 Å². The number of hydrogen-bond donors (Lipinski definition) is 1. The number of Topliss-reactive ketones (excluding diaryl/α,β-unsaturated/α-hetero) is 1. The van der Waals surface area contributed by atoms with Crippen molar-refractivity contribution >= 4 is 29.2 Å². The van der Waals surface area contributed by atoms with E-state index in [0.717, 1.165) is 4.90 Å². The highest BCUT2D eigenvalue weighted by Gasteiger charge is 2.32. The summed E-state index contributed by atoms with van der Waals surface area (Å²) in [5.74, 6) is -1.19. The predicted molar refractivity (Wildman–Crippen MR) is 87.3 cm³/mol. The predicted octanol–water partition coefficient (Wildman–Crippen LogP) is 2.37. The number of rotatable bonds is 3. The maximum Gasteiger partial charge on any atom is 0.261 e. The molecule has 0 saturated heterocycles. The van der Waals surface area contributed by atoms with Gasteiger partial charge in [-0.3, -0.25) is 24.1 Å². The van der Waals surface area contributed by atoms with Crippen LogP contribution in [0.1, 0.15) is 48.4 Å². The smallest absolute Gasteiger partial charge is 0.261 e. The topological polar surface area (TPSA) is 83.6 Å². The van der Waals surface area contributed by atoms with Crippen molar-refractivity contribution in [3.05, 3.63) is 64.7 Å². The number of nitrogens with one attached hydrogen (secondary N) is 1. The lowest BCUT2D eigenvalue weighted by molar-refractivity contribution is 0.0692. The van der Waals surface area contributed by atoms with Gasteiger partial charge in [-0.2, -0.15) is 0 Å². The van der Waals surface area contributed by atoms with E-state index in [1.807, 2.05) is 0 Å². The Kier molecular flexibility index (Phi) is 3.73. The van der Waals surface area contributed by atoms with E-state index in [0.29, 0.717) is 22.4 Å². The second kappa shape index (κ2) is 5.73. The number of ketones is 1. The normalized spacial score (nSPS) is 13.0. The van der Waals surface area contributed by atoms with Crippen molar-refractivity contribution in [3.8, 4) is 0 Å². The number of benzene rings is 2. The number of carbonyl (C=O) groups excluding carboxylic acids is 4. The van der Waals surface area contributed by atoms with Gasteiger partial charge in [0.2, 0.25) is 0 Å². The highest BCUT2D eigenvalue weighted by molar-refractivity contribution is 6.21. The van der Waals surface area contributed by atoms with Crippen LogP contribution >= 0.6 is 0 Å². The zero-order chi connectivity index (χ0) is 17.4. The molecule has 1 aliphatic rings. The Bertz CT molecular complexity index is 884. The summed E-state index contributed by atoms with van der Waals surface area (Å²) in [5.41, 5.74) is 1.93. The lowest BCUT2D eigenvalue weighted by Crippen LogP contribution is -2.24. The van der Waals surface area contributed by atoms with Crippen molar-refractivity contribution in [2.75, 3.05) is 12.4 Å². The molecule has 0 aliphatic carbocycles. The first-order chi connectivity index (χ1) is 11.4. The SMILES string of the molecule is CC(=O)c1ccc(C(=O)Nc2ccc3c(c2)C(=O)N(C)C3=O)cc1. The summed E-state index contributed by atoms with van der Waals surface area (Å²) in [4.78, 5) is 48.3. The molecule has 0 unspecified atom stereocenters. The van der Waals surface area contributed by atoms with Gasteiger partial charge in [-0.15, -0.1) is 0 Å². The van der Waals surface area contributed by atoms with Crippen LogP contribution in [0.4, 0.5) is 5.69 Å². The summed E-state index contributed by atoms with van der Waals surface area (Å²) < 4.78 is 0. The van der Waals surface area contributed by atoms with Crippen LogP contribution < -0.4 is 5.32 Å². The van der Waals surface area contributed by atoms with Gasteiger partial charge in [0.05, 0.1) is 11.1 Å². The molecule has 0 fully saturated rings. The fraction of sp³-hybridized carbons (Fsp3) is 0.111. The molecule has 0 atom stereocenters. The van der Waals surface area contributed by atoms with Crippen molar-refractivity contribution < 1.29 is 19.2 Å². The monoisotopic (exact) mass is 322 g/mol. The Hall–Kier alpha value is -3.28. The Balaban J connectivity index is 1.82. The fourth-order valence-corrected chi connectivity index (χ4v) is 2.50. The molecule has 0 bridgehead atoms. The van der Waals surface area contributed by atoms with E-state index in [-0.39, 0.29) is 23.2 Å². The van der Waals surface area contributed by atoms with Crippen LogP contribution in [-0.2, 0) is 0 Å². The Morgan fingerprint density at radius 3 is 2.08 bits per heavy atom. The van der Waals surface area contributed by atoms with Crippen LogP contribution in [-0.4, -0.2) is 35.5 Å². The molecule has 1 N–H and O–H groups in total. The molecule has 0 aromatic heterocycles. The summed E-state index contributed by atoms with van der Waals surface area (Å²) in [7, 11) is 1.42. The first kappa shape index (κ1) is 15.6. The van der Waals surface area contributed by atoms with E-state index < -0.39 is 5.91 Å². The molecule has 2 aromatic carbocycles. The first-order valence-electron chi connectivity index (χ1n) is 7.27. The van der Waals surface area contributed by atoms with Crippen molar-refractivity contribution in [1.29, 1.82) is 0 Å². The molecule has 2 aromatic rings. The van der Waals surface area contributed by atoms with E-state index >= 15 is 0 Å². The van der Waals surface area contributed by atoms with Gasteiger partial charge in [-0.05, 0) is 37.3 Å². The summed E-state index contributed by atoms with van der Waals surface area (Å²) in [6, 6.07) is 10.9. The van der Waals surface area contributed by atoms with Crippen molar-refractivity contribution in [1.82, 2.24) is 4.90 Å². The lowest BCUT2D eigenvalue weighted by atomic mass is 10.1. The zero-order valence-corrected chi connectivity index (χ0v) is 13.1. The largest absolute Gasteiger partial charge is 0.322 e. The van der Waals surface area contributed by atoms with E-state index in [1.54, 1.807) is 30.3 Å². The Morgan fingerprint density at radius 2 is 1.46 bits per heavy atom. The fourth-order valence-electron chi connectivity index (χ4n) is 2.50. The summed E-state index contributed by atoms with van der Waals surface area (Å²) in [6.07, 6.45) is 0. The molecule has 24 heavy (non-hydrogen) atoms. The maximum atomic E-state index is 12.2. The number of hydrogen-bond acceptors (Lipinski definition) is 4. The van der Waals surface area contributed by atoms with E-state index in [2.05, 4.69) is 5.32 Å². The molecule has 0 saturated carbocycles. The van der Waals surface area contributed by atoms with Crippen LogP contribution in [0.15, 0.2) is 42.5 Å². The van der Waals surface area contributed by atoms with Crippen molar-refractivity contribution in [2.24, 2.45) is 0 Å². The molecular weight excluding hydrogens is 308 g/mol. The molecule has 1 aliphatic heterocycles. The van der Waals surface area contributed by atoms with Gasteiger partial charge in [-0.1, -0.05) is 12.1 Å². The average Bonchev–Trinajstić information content (AvgIpc) is 2.79.